The molecule has 4 nitrogen and oxygen atoms in total. The third-order valence-electron chi connectivity index (χ3n) is 1.25. The van der Waals surface area contributed by atoms with E-state index in [4.69, 9.17) is 10.2 Å². The maximum absolute atomic E-state index is 11.3. The highest BCUT2D eigenvalue weighted by Crippen LogP contribution is 2.13. The SMILES string of the molecule is NC(=S)CNC(=O)c1coc(Br)c1. The van der Waals surface area contributed by atoms with Crippen LogP contribution in [0.1, 0.15) is 10.4 Å². The van der Waals surface area contributed by atoms with Crippen molar-refractivity contribution in [1.29, 1.82) is 0 Å². The third kappa shape index (κ3) is 3.16. The van der Waals surface area contributed by atoms with E-state index < -0.39 is 0 Å². The van der Waals surface area contributed by atoms with E-state index in [1.807, 2.05) is 0 Å². The summed E-state index contributed by atoms with van der Waals surface area (Å²) < 4.78 is 5.39. The van der Waals surface area contributed by atoms with Gasteiger partial charge in [-0.25, -0.2) is 0 Å². The zero-order valence-corrected chi connectivity index (χ0v) is 8.94. The standard InChI is InChI=1S/C7H7BrN2O2S/c8-5-1-4(3-12-5)7(11)10-2-6(9)13/h1,3H,2H2,(H2,9,13)(H,10,11). The average Bonchev–Trinajstić information content (AvgIpc) is 2.47. The molecule has 0 saturated carbocycles. The molecule has 0 atom stereocenters. The van der Waals surface area contributed by atoms with Crippen LogP contribution >= 0.6 is 28.1 Å². The monoisotopic (exact) mass is 262 g/mol. The molecule has 0 aliphatic heterocycles. The Kier molecular flexibility index (Phi) is 3.44. The van der Waals surface area contributed by atoms with E-state index in [-0.39, 0.29) is 17.4 Å². The molecule has 6 heteroatoms. The summed E-state index contributed by atoms with van der Waals surface area (Å²) in [5.41, 5.74) is 5.64. The normalized spacial score (nSPS) is 9.62. The molecule has 1 amide bonds. The van der Waals surface area contributed by atoms with Gasteiger partial charge in [0.05, 0.1) is 17.1 Å². The minimum Gasteiger partial charge on any atom is -0.457 e. The van der Waals surface area contributed by atoms with Gasteiger partial charge in [-0.3, -0.25) is 4.79 Å². The molecule has 3 N–H and O–H groups in total. The van der Waals surface area contributed by atoms with Gasteiger partial charge in [-0.1, -0.05) is 12.2 Å². The summed E-state index contributed by atoms with van der Waals surface area (Å²) in [5, 5.41) is 2.53. The number of nitrogens with two attached hydrogens (primary N) is 1. The second-order valence-electron chi connectivity index (χ2n) is 2.29. The highest BCUT2D eigenvalue weighted by molar-refractivity contribution is 9.10. The second-order valence-corrected chi connectivity index (χ2v) is 3.59. The van der Waals surface area contributed by atoms with Crippen LogP contribution in [0.15, 0.2) is 21.4 Å². The number of furan rings is 1. The number of thiocarbonyl (C=S) groups is 1. The zero-order chi connectivity index (χ0) is 9.84. The maximum atomic E-state index is 11.3. The van der Waals surface area contributed by atoms with Crippen LogP contribution < -0.4 is 11.1 Å². The Morgan fingerprint density at radius 1 is 1.77 bits per heavy atom. The Bertz CT molecular complexity index is 337. The first-order valence-electron chi connectivity index (χ1n) is 3.40. The molecule has 1 aromatic heterocycles. The minimum atomic E-state index is -0.262. The van der Waals surface area contributed by atoms with E-state index in [0.29, 0.717) is 10.2 Å². The summed E-state index contributed by atoms with van der Waals surface area (Å²) in [6, 6.07) is 1.56. The van der Waals surface area contributed by atoms with Crippen molar-refractivity contribution >= 4 is 39.0 Å². The van der Waals surface area contributed by atoms with Gasteiger partial charge >= 0.3 is 0 Å². The van der Waals surface area contributed by atoms with Crippen molar-refractivity contribution in [1.82, 2.24) is 5.32 Å². The number of hydrogen-bond acceptors (Lipinski definition) is 3. The molecule has 0 saturated heterocycles. The molecular weight excluding hydrogens is 256 g/mol. The van der Waals surface area contributed by atoms with E-state index in [9.17, 15) is 4.79 Å². The van der Waals surface area contributed by atoms with Crippen LogP contribution in [0.2, 0.25) is 0 Å². The number of carbonyl (C=O) groups excluding carboxylic acids is 1. The Morgan fingerprint density at radius 3 is 2.92 bits per heavy atom. The van der Waals surface area contributed by atoms with Crippen LogP contribution in [0, 0.1) is 0 Å². The van der Waals surface area contributed by atoms with Crippen molar-refractivity contribution in [2.45, 2.75) is 0 Å². The van der Waals surface area contributed by atoms with Gasteiger partial charge in [-0.15, -0.1) is 0 Å². The molecule has 0 spiro atoms. The summed E-state index contributed by atoms with van der Waals surface area (Å²) in [4.78, 5) is 11.5. The minimum absolute atomic E-state index is 0.191. The van der Waals surface area contributed by atoms with Crippen molar-refractivity contribution < 1.29 is 9.21 Å². The van der Waals surface area contributed by atoms with Gasteiger partial charge in [-0.05, 0) is 15.9 Å². The first kappa shape index (κ1) is 10.2. The topological polar surface area (TPSA) is 68.3 Å². The summed E-state index contributed by atoms with van der Waals surface area (Å²) in [5.74, 6) is -0.262. The molecule has 0 bridgehead atoms. The fraction of sp³-hybridized carbons (Fsp3) is 0.143. The van der Waals surface area contributed by atoms with E-state index in [1.54, 1.807) is 6.07 Å². The fourth-order valence-corrected chi connectivity index (χ4v) is 1.11. The Morgan fingerprint density at radius 2 is 2.46 bits per heavy atom. The van der Waals surface area contributed by atoms with Crippen LogP contribution in [-0.4, -0.2) is 17.4 Å². The molecule has 0 aromatic carbocycles. The molecule has 0 radical (unpaired) electrons. The lowest BCUT2D eigenvalue weighted by molar-refractivity contribution is 0.0959. The molecule has 1 heterocycles. The van der Waals surface area contributed by atoms with Gasteiger partial charge in [0, 0.05) is 6.07 Å². The van der Waals surface area contributed by atoms with Crippen molar-refractivity contribution in [2.75, 3.05) is 6.54 Å². The second kappa shape index (κ2) is 4.38. The molecule has 70 valence electrons. The smallest absolute Gasteiger partial charge is 0.254 e. The lowest BCUT2D eigenvalue weighted by Crippen LogP contribution is -2.31. The van der Waals surface area contributed by atoms with Gasteiger partial charge in [0.2, 0.25) is 0 Å². The predicted octanol–water partition coefficient (Wildman–Crippen LogP) is 1.06. The van der Waals surface area contributed by atoms with Crippen LogP contribution in [0.4, 0.5) is 0 Å². The van der Waals surface area contributed by atoms with E-state index in [0.717, 1.165) is 0 Å². The van der Waals surface area contributed by atoms with Gasteiger partial charge in [0.15, 0.2) is 4.67 Å². The predicted molar refractivity (Wildman–Crippen MR) is 55.5 cm³/mol. The first-order chi connectivity index (χ1) is 6.09. The summed E-state index contributed by atoms with van der Waals surface area (Å²) in [7, 11) is 0. The number of hydrogen-bond donors (Lipinski definition) is 2. The van der Waals surface area contributed by atoms with Crippen LogP contribution in [0.3, 0.4) is 0 Å². The molecule has 1 aromatic rings. The van der Waals surface area contributed by atoms with Crippen LogP contribution in [-0.2, 0) is 0 Å². The van der Waals surface area contributed by atoms with E-state index >= 15 is 0 Å². The van der Waals surface area contributed by atoms with Gasteiger partial charge in [-0.2, -0.15) is 0 Å². The lowest BCUT2D eigenvalue weighted by Gasteiger charge is -1.99. The Balaban J connectivity index is 2.54. The number of carbonyl (C=O) groups is 1. The molecule has 1 rings (SSSR count). The zero-order valence-electron chi connectivity index (χ0n) is 6.54. The van der Waals surface area contributed by atoms with E-state index in [1.165, 1.54) is 6.26 Å². The maximum Gasteiger partial charge on any atom is 0.254 e. The lowest BCUT2D eigenvalue weighted by atomic mass is 10.3. The fourth-order valence-electron chi connectivity index (χ4n) is 0.699. The van der Waals surface area contributed by atoms with Crippen molar-refractivity contribution in [3.63, 3.8) is 0 Å². The summed E-state index contributed by atoms with van der Waals surface area (Å²) in [6.45, 7) is 0.191. The summed E-state index contributed by atoms with van der Waals surface area (Å²) >= 11 is 7.68. The van der Waals surface area contributed by atoms with Gasteiger partial charge < -0.3 is 15.5 Å². The molecular formula is C7H7BrN2O2S. The Labute approximate surface area is 88.6 Å². The summed E-state index contributed by atoms with van der Waals surface area (Å²) in [6.07, 6.45) is 1.35. The number of nitrogens with one attached hydrogen (secondary N) is 1. The molecule has 0 aliphatic rings. The molecule has 0 fully saturated rings. The molecule has 13 heavy (non-hydrogen) atoms. The highest BCUT2D eigenvalue weighted by atomic mass is 79.9. The number of rotatable bonds is 3. The highest BCUT2D eigenvalue weighted by Gasteiger charge is 2.08. The molecule has 0 unspecified atom stereocenters. The van der Waals surface area contributed by atoms with Gasteiger partial charge in [0.25, 0.3) is 5.91 Å². The quantitative estimate of drug-likeness (QED) is 0.800. The van der Waals surface area contributed by atoms with Crippen LogP contribution in [0.25, 0.3) is 0 Å². The van der Waals surface area contributed by atoms with Crippen LogP contribution in [0.5, 0.6) is 0 Å². The Hall–Kier alpha value is -0.880. The number of halogens is 1. The van der Waals surface area contributed by atoms with Crippen molar-refractivity contribution in [3.05, 3.63) is 22.6 Å². The van der Waals surface area contributed by atoms with Crippen molar-refractivity contribution in [2.24, 2.45) is 5.73 Å². The average molecular weight is 263 g/mol. The van der Waals surface area contributed by atoms with Gasteiger partial charge in [0.1, 0.15) is 6.26 Å². The largest absolute Gasteiger partial charge is 0.457 e. The third-order valence-corrected chi connectivity index (χ3v) is 1.81. The number of amides is 1. The molecule has 0 aliphatic carbocycles. The first-order valence-corrected chi connectivity index (χ1v) is 4.60. The van der Waals surface area contributed by atoms with Crippen molar-refractivity contribution in [3.8, 4) is 0 Å². The van der Waals surface area contributed by atoms with E-state index in [2.05, 4.69) is 33.5 Å².